The molecule has 0 aromatic heterocycles. The van der Waals surface area contributed by atoms with Crippen molar-refractivity contribution in [2.45, 2.75) is 107 Å². The van der Waals surface area contributed by atoms with Crippen molar-refractivity contribution in [3.8, 4) is 11.5 Å². The fourth-order valence-electron chi connectivity index (χ4n) is 4.95. The SMILES string of the molecule is CCC(C)(C)CC(C)CC(CC(C)CC(C)C)C(=O)c1cc(O)c(C(C)(C)C)cc1O. The van der Waals surface area contributed by atoms with Crippen molar-refractivity contribution in [1.82, 2.24) is 0 Å². The molecule has 1 aromatic rings. The predicted octanol–water partition coefficient (Wildman–Crippen LogP) is 8.12. The molecule has 0 aliphatic carbocycles. The molecule has 1 aromatic carbocycles. The van der Waals surface area contributed by atoms with Gasteiger partial charge in [0.05, 0.1) is 5.56 Å². The van der Waals surface area contributed by atoms with Crippen molar-refractivity contribution in [1.29, 1.82) is 0 Å². The standard InChI is InChI=1S/C28H48O3/c1-11-28(9,10)17-20(5)14-21(13-19(4)12-18(2)3)26(31)22-15-25(30)23(16-24(22)29)27(6,7)8/h15-16,18-21,29-30H,11-14,17H2,1-10H3. The number of hydrogen-bond acceptors (Lipinski definition) is 3. The lowest BCUT2D eigenvalue weighted by atomic mass is 9.75. The number of phenols is 2. The summed E-state index contributed by atoms with van der Waals surface area (Å²) >= 11 is 0. The monoisotopic (exact) mass is 432 g/mol. The van der Waals surface area contributed by atoms with Crippen LogP contribution in [0.3, 0.4) is 0 Å². The van der Waals surface area contributed by atoms with Gasteiger partial charge in [-0.05, 0) is 66.4 Å². The van der Waals surface area contributed by atoms with Crippen LogP contribution in [0.2, 0.25) is 0 Å². The van der Waals surface area contributed by atoms with Gasteiger partial charge in [0.25, 0.3) is 0 Å². The van der Waals surface area contributed by atoms with Crippen LogP contribution in [0.25, 0.3) is 0 Å². The number of rotatable bonds is 11. The van der Waals surface area contributed by atoms with E-state index in [1.54, 1.807) is 6.07 Å². The zero-order valence-electron chi connectivity index (χ0n) is 21.8. The van der Waals surface area contributed by atoms with E-state index < -0.39 is 0 Å². The third kappa shape index (κ3) is 8.50. The van der Waals surface area contributed by atoms with Gasteiger partial charge >= 0.3 is 0 Å². The summed E-state index contributed by atoms with van der Waals surface area (Å²) in [6.07, 6.45) is 4.90. The molecule has 3 heteroatoms. The molecule has 0 amide bonds. The normalized spacial score (nSPS) is 15.7. The van der Waals surface area contributed by atoms with Crippen LogP contribution in [0, 0.1) is 29.1 Å². The maximum atomic E-state index is 13.6. The maximum absolute atomic E-state index is 13.6. The minimum atomic E-state index is -0.311. The summed E-state index contributed by atoms with van der Waals surface area (Å²) in [5.74, 6) is 1.32. The van der Waals surface area contributed by atoms with Gasteiger partial charge in [-0.25, -0.2) is 0 Å². The highest BCUT2D eigenvalue weighted by molar-refractivity contribution is 6.00. The number of benzene rings is 1. The molecular formula is C28H48O3. The van der Waals surface area contributed by atoms with Crippen LogP contribution >= 0.6 is 0 Å². The summed E-state index contributed by atoms with van der Waals surface area (Å²) in [5.41, 5.74) is 0.860. The molecule has 3 nitrogen and oxygen atoms in total. The van der Waals surface area contributed by atoms with E-state index in [1.807, 2.05) is 20.8 Å². The highest BCUT2D eigenvalue weighted by Gasteiger charge is 2.30. The molecule has 0 bridgehead atoms. The van der Waals surface area contributed by atoms with Gasteiger partial charge in [-0.2, -0.15) is 0 Å². The Morgan fingerprint density at radius 2 is 1.42 bits per heavy atom. The summed E-state index contributed by atoms with van der Waals surface area (Å²) in [5, 5.41) is 21.3. The lowest BCUT2D eigenvalue weighted by molar-refractivity contribution is 0.0862. The topological polar surface area (TPSA) is 57.5 Å². The Labute approximate surface area is 191 Å². The number of aromatic hydroxyl groups is 2. The number of carbonyl (C=O) groups excluding carboxylic acids is 1. The molecule has 3 atom stereocenters. The lowest BCUT2D eigenvalue weighted by Crippen LogP contribution is -2.24. The molecule has 178 valence electrons. The third-order valence-electron chi connectivity index (χ3n) is 6.66. The van der Waals surface area contributed by atoms with E-state index in [1.165, 1.54) is 6.07 Å². The van der Waals surface area contributed by atoms with Crippen LogP contribution in [-0.4, -0.2) is 16.0 Å². The number of hydrogen-bond donors (Lipinski definition) is 2. The first kappa shape index (κ1) is 27.5. The van der Waals surface area contributed by atoms with Crippen LogP contribution in [-0.2, 0) is 5.41 Å². The highest BCUT2D eigenvalue weighted by atomic mass is 16.3. The quantitative estimate of drug-likeness (QED) is 0.274. The van der Waals surface area contributed by atoms with Gasteiger partial charge in [-0.3, -0.25) is 4.79 Å². The molecule has 0 fully saturated rings. The Kier molecular flexibility index (Phi) is 9.66. The van der Waals surface area contributed by atoms with Crippen LogP contribution in [0.4, 0.5) is 0 Å². The molecule has 2 N–H and O–H groups in total. The van der Waals surface area contributed by atoms with Gasteiger partial charge in [-0.15, -0.1) is 0 Å². The highest BCUT2D eigenvalue weighted by Crippen LogP contribution is 2.39. The average molecular weight is 433 g/mol. The van der Waals surface area contributed by atoms with Crippen molar-refractivity contribution in [3.63, 3.8) is 0 Å². The number of carbonyl (C=O) groups is 1. The molecular weight excluding hydrogens is 384 g/mol. The molecule has 31 heavy (non-hydrogen) atoms. The molecule has 0 saturated carbocycles. The van der Waals surface area contributed by atoms with Gasteiger partial charge in [0.2, 0.25) is 0 Å². The van der Waals surface area contributed by atoms with Crippen molar-refractivity contribution in [2.24, 2.45) is 29.1 Å². The molecule has 0 saturated heterocycles. The van der Waals surface area contributed by atoms with Gasteiger partial charge in [0.15, 0.2) is 5.78 Å². The number of Topliss-reactive ketones (excluding diaryl/α,β-unsaturated/α-hetero) is 1. The molecule has 0 heterocycles. The number of ketones is 1. The minimum Gasteiger partial charge on any atom is -0.508 e. The lowest BCUT2D eigenvalue weighted by Gasteiger charge is -2.30. The zero-order chi connectivity index (χ0) is 24.1. The van der Waals surface area contributed by atoms with E-state index in [0.717, 1.165) is 32.1 Å². The minimum absolute atomic E-state index is 0.0178. The van der Waals surface area contributed by atoms with Crippen LogP contribution in [0.5, 0.6) is 11.5 Å². The summed E-state index contributed by atoms with van der Waals surface area (Å²) < 4.78 is 0. The first-order chi connectivity index (χ1) is 14.1. The summed E-state index contributed by atoms with van der Waals surface area (Å²) in [4.78, 5) is 13.6. The molecule has 0 spiro atoms. The van der Waals surface area contributed by atoms with E-state index in [9.17, 15) is 15.0 Å². The van der Waals surface area contributed by atoms with Gasteiger partial charge < -0.3 is 10.2 Å². The zero-order valence-corrected chi connectivity index (χ0v) is 21.8. The second kappa shape index (κ2) is 10.9. The Hall–Kier alpha value is -1.51. The third-order valence-corrected chi connectivity index (χ3v) is 6.66. The first-order valence-corrected chi connectivity index (χ1v) is 12.2. The van der Waals surface area contributed by atoms with Gasteiger partial charge in [0.1, 0.15) is 11.5 Å². The Morgan fingerprint density at radius 3 is 1.90 bits per heavy atom. The fourth-order valence-corrected chi connectivity index (χ4v) is 4.95. The Balaban J connectivity index is 3.22. The van der Waals surface area contributed by atoms with Crippen LogP contribution in [0.15, 0.2) is 12.1 Å². The van der Waals surface area contributed by atoms with Gasteiger partial charge in [-0.1, -0.05) is 75.7 Å². The Bertz CT molecular complexity index is 725. The molecule has 0 aliphatic rings. The Morgan fingerprint density at radius 1 is 0.871 bits per heavy atom. The molecule has 1 rings (SSSR count). The van der Waals surface area contributed by atoms with Gasteiger partial charge in [0, 0.05) is 11.5 Å². The summed E-state index contributed by atoms with van der Waals surface area (Å²) in [6.45, 7) is 21.6. The summed E-state index contributed by atoms with van der Waals surface area (Å²) in [7, 11) is 0. The van der Waals surface area contributed by atoms with E-state index >= 15 is 0 Å². The first-order valence-electron chi connectivity index (χ1n) is 12.2. The average Bonchev–Trinajstić information content (AvgIpc) is 2.60. The number of phenolic OH excluding ortho intramolecular Hbond substituents is 2. The van der Waals surface area contributed by atoms with Crippen molar-refractivity contribution < 1.29 is 15.0 Å². The molecule has 0 aliphatic heterocycles. The fraction of sp³-hybridized carbons (Fsp3) is 0.750. The largest absolute Gasteiger partial charge is 0.508 e. The van der Waals surface area contributed by atoms with Crippen molar-refractivity contribution in [3.05, 3.63) is 23.3 Å². The predicted molar refractivity (Wildman–Crippen MR) is 132 cm³/mol. The smallest absolute Gasteiger partial charge is 0.169 e. The summed E-state index contributed by atoms with van der Waals surface area (Å²) in [6, 6.07) is 3.06. The van der Waals surface area contributed by atoms with Crippen LogP contribution < -0.4 is 0 Å². The van der Waals surface area contributed by atoms with E-state index in [-0.39, 0.29) is 39.6 Å². The second-order valence-corrected chi connectivity index (χ2v) is 12.2. The molecule has 3 unspecified atom stereocenters. The van der Waals surface area contributed by atoms with Crippen molar-refractivity contribution >= 4 is 5.78 Å². The van der Waals surface area contributed by atoms with E-state index in [4.69, 9.17) is 0 Å². The maximum Gasteiger partial charge on any atom is 0.169 e. The van der Waals surface area contributed by atoms with Crippen molar-refractivity contribution in [2.75, 3.05) is 0 Å². The van der Waals surface area contributed by atoms with E-state index in [0.29, 0.717) is 23.3 Å². The molecule has 0 radical (unpaired) electrons. The van der Waals surface area contributed by atoms with E-state index in [2.05, 4.69) is 48.5 Å². The van der Waals surface area contributed by atoms with Crippen LogP contribution in [0.1, 0.15) is 117 Å². The second-order valence-electron chi connectivity index (χ2n) is 12.2.